The van der Waals surface area contributed by atoms with Crippen molar-refractivity contribution in [3.63, 3.8) is 0 Å². The number of rotatable bonds is 2. The van der Waals surface area contributed by atoms with E-state index in [1.807, 2.05) is 5.32 Å². The number of anilines is 1. The van der Waals surface area contributed by atoms with E-state index in [2.05, 4.69) is 4.98 Å². The first kappa shape index (κ1) is 19.6. The van der Waals surface area contributed by atoms with Crippen molar-refractivity contribution < 1.29 is 35.5 Å². The van der Waals surface area contributed by atoms with Gasteiger partial charge in [0.15, 0.2) is 0 Å². The number of benzene rings is 1. The van der Waals surface area contributed by atoms with Crippen molar-refractivity contribution in [2.24, 2.45) is 0 Å². The number of aryl methyl sites for hydroxylation is 1. The third-order valence-corrected chi connectivity index (χ3v) is 3.82. The SMILES string of the molecule is Cc1nc2ccc(F)cn2c1C(=O)Nc1cc(C(F)(F)F)cc(C(F)(F)F)c1. The van der Waals surface area contributed by atoms with Crippen molar-refractivity contribution in [2.45, 2.75) is 19.3 Å². The van der Waals surface area contributed by atoms with E-state index in [1.165, 1.54) is 13.0 Å². The van der Waals surface area contributed by atoms with Gasteiger partial charge in [0, 0.05) is 11.9 Å². The van der Waals surface area contributed by atoms with Gasteiger partial charge in [-0.15, -0.1) is 0 Å². The Morgan fingerprint density at radius 3 is 2.11 bits per heavy atom. The molecule has 0 fully saturated rings. The van der Waals surface area contributed by atoms with Crippen LogP contribution in [0.25, 0.3) is 5.65 Å². The summed E-state index contributed by atoms with van der Waals surface area (Å²) in [5.41, 5.74) is -3.77. The Bertz CT molecular complexity index is 1030. The van der Waals surface area contributed by atoms with Crippen molar-refractivity contribution in [2.75, 3.05) is 5.32 Å². The molecule has 28 heavy (non-hydrogen) atoms. The average molecular weight is 405 g/mol. The molecule has 0 aliphatic heterocycles. The van der Waals surface area contributed by atoms with E-state index in [1.54, 1.807) is 0 Å². The summed E-state index contributed by atoms with van der Waals surface area (Å²) in [4.78, 5) is 16.5. The van der Waals surface area contributed by atoms with Gasteiger partial charge in [0.25, 0.3) is 5.91 Å². The van der Waals surface area contributed by atoms with Crippen LogP contribution in [0.2, 0.25) is 0 Å². The lowest BCUT2D eigenvalue weighted by Gasteiger charge is -2.15. The first-order chi connectivity index (χ1) is 12.9. The fraction of sp³-hybridized carbons (Fsp3) is 0.176. The average Bonchev–Trinajstić information content (AvgIpc) is 2.88. The zero-order chi connectivity index (χ0) is 20.9. The fourth-order valence-electron chi connectivity index (χ4n) is 2.63. The molecule has 3 rings (SSSR count). The zero-order valence-corrected chi connectivity index (χ0v) is 13.9. The van der Waals surface area contributed by atoms with Gasteiger partial charge in [-0.25, -0.2) is 9.37 Å². The highest BCUT2D eigenvalue weighted by Crippen LogP contribution is 2.37. The fourth-order valence-corrected chi connectivity index (χ4v) is 2.63. The first-order valence-corrected chi connectivity index (χ1v) is 7.61. The second-order valence-electron chi connectivity index (χ2n) is 5.87. The van der Waals surface area contributed by atoms with Gasteiger partial charge in [-0.1, -0.05) is 0 Å². The van der Waals surface area contributed by atoms with Crippen LogP contribution in [0.15, 0.2) is 36.5 Å². The van der Waals surface area contributed by atoms with Gasteiger partial charge in [-0.2, -0.15) is 26.3 Å². The minimum absolute atomic E-state index is 0.0511. The van der Waals surface area contributed by atoms with E-state index in [0.29, 0.717) is 12.1 Å². The van der Waals surface area contributed by atoms with Gasteiger partial charge in [0.05, 0.1) is 16.8 Å². The third kappa shape index (κ3) is 3.78. The highest BCUT2D eigenvalue weighted by molar-refractivity contribution is 6.04. The summed E-state index contributed by atoms with van der Waals surface area (Å²) in [5, 5.41) is 2.00. The summed E-state index contributed by atoms with van der Waals surface area (Å²) in [6, 6.07) is 3.07. The van der Waals surface area contributed by atoms with Crippen LogP contribution in [0, 0.1) is 12.7 Å². The normalized spacial score (nSPS) is 12.4. The molecule has 0 aliphatic carbocycles. The quantitative estimate of drug-likeness (QED) is 0.605. The molecular weight excluding hydrogens is 395 g/mol. The number of alkyl halides is 6. The van der Waals surface area contributed by atoms with Crippen LogP contribution < -0.4 is 5.32 Å². The van der Waals surface area contributed by atoms with E-state index >= 15 is 0 Å². The van der Waals surface area contributed by atoms with Crippen molar-refractivity contribution in [1.82, 2.24) is 9.38 Å². The number of amides is 1. The second-order valence-corrected chi connectivity index (χ2v) is 5.87. The second kappa shape index (κ2) is 6.50. The molecule has 1 N–H and O–H groups in total. The minimum atomic E-state index is -5.05. The number of imidazole rings is 1. The topological polar surface area (TPSA) is 46.4 Å². The lowest BCUT2D eigenvalue weighted by molar-refractivity contribution is -0.143. The maximum atomic E-state index is 13.5. The lowest BCUT2D eigenvalue weighted by atomic mass is 10.1. The van der Waals surface area contributed by atoms with Crippen molar-refractivity contribution in [3.8, 4) is 0 Å². The maximum Gasteiger partial charge on any atom is 0.416 e. The van der Waals surface area contributed by atoms with E-state index in [9.17, 15) is 35.5 Å². The predicted molar refractivity (Wildman–Crippen MR) is 84.3 cm³/mol. The number of nitrogens with one attached hydrogen (secondary N) is 1. The monoisotopic (exact) mass is 405 g/mol. The molecule has 2 heterocycles. The smallest absolute Gasteiger partial charge is 0.321 e. The number of carbonyl (C=O) groups excluding carboxylic acids is 1. The summed E-state index contributed by atoms with van der Waals surface area (Å²) in [6.45, 7) is 1.40. The van der Waals surface area contributed by atoms with E-state index in [-0.39, 0.29) is 23.1 Å². The Morgan fingerprint density at radius 2 is 1.57 bits per heavy atom. The molecule has 3 aromatic rings. The molecule has 4 nitrogen and oxygen atoms in total. The molecule has 0 radical (unpaired) electrons. The molecule has 148 valence electrons. The Kier molecular flexibility index (Phi) is 4.56. The third-order valence-electron chi connectivity index (χ3n) is 3.82. The molecule has 0 bridgehead atoms. The molecule has 1 aromatic carbocycles. The molecular formula is C17H10F7N3O. The number of hydrogen-bond donors (Lipinski definition) is 1. The van der Waals surface area contributed by atoms with Crippen LogP contribution >= 0.6 is 0 Å². The molecule has 0 atom stereocenters. The minimum Gasteiger partial charge on any atom is -0.321 e. The van der Waals surface area contributed by atoms with E-state index < -0.39 is 40.9 Å². The van der Waals surface area contributed by atoms with Crippen LogP contribution in [0.4, 0.5) is 36.4 Å². The summed E-state index contributed by atoms with van der Waals surface area (Å²) in [5.74, 6) is -1.75. The van der Waals surface area contributed by atoms with Crippen LogP contribution in [-0.4, -0.2) is 15.3 Å². The highest BCUT2D eigenvalue weighted by atomic mass is 19.4. The largest absolute Gasteiger partial charge is 0.416 e. The lowest BCUT2D eigenvalue weighted by Crippen LogP contribution is -2.18. The summed E-state index contributed by atoms with van der Waals surface area (Å²) in [6.07, 6.45) is -9.18. The van der Waals surface area contributed by atoms with Gasteiger partial charge >= 0.3 is 12.4 Å². The van der Waals surface area contributed by atoms with Gasteiger partial charge in [0.1, 0.15) is 17.2 Å². The van der Waals surface area contributed by atoms with E-state index in [4.69, 9.17) is 0 Å². The highest BCUT2D eigenvalue weighted by Gasteiger charge is 2.37. The molecule has 1 amide bonds. The number of carbonyl (C=O) groups is 1. The standard InChI is InChI=1S/C17H10F7N3O/c1-8-14(27-7-11(18)2-3-13(27)25-8)15(28)26-12-5-9(16(19,20)21)4-10(6-12)17(22,23)24/h2-7H,1H3,(H,26,28). The number of nitrogens with zero attached hydrogens (tertiary/aromatic N) is 2. The van der Waals surface area contributed by atoms with Gasteiger partial charge in [0.2, 0.25) is 0 Å². The van der Waals surface area contributed by atoms with Crippen LogP contribution in [0.3, 0.4) is 0 Å². The van der Waals surface area contributed by atoms with Gasteiger partial charge < -0.3 is 5.32 Å². The summed E-state index contributed by atoms with van der Waals surface area (Å²) < 4.78 is 92.1. The summed E-state index contributed by atoms with van der Waals surface area (Å²) in [7, 11) is 0. The number of halogens is 7. The van der Waals surface area contributed by atoms with Gasteiger partial charge in [-0.05, 0) is 37.3 Å². The van der Waals surface area contributed by atoms with Crippen LogP contribution in [-0.2, 0) is 12.4 Å². The first-order valence-electron chi connectivity index (χ1n) is 7.61. The number of fused-ring (bicyclic) bond motifs is 1. The van der Waals surface area contributed by atoms with Crippen molar-refractivity contribution in [1.29, 1.82) is 0 Å². The summed E-state index contributed by atoms with van der Waals surface area (Å²) >= 11 is 0. The van der Waals surface area contributed by atoms with Crippen molar-refractivity contribution >= 4 is 17.2 Å². The van der Waals surface area contributed by atoms with Crippen molar-refractivity contribution in [3.05, 3.63) is 64.9 Å². The van der Waals surface area contributed by atoms with E-state index in [0.717, 1.165) is 16.7 Å². The number of aromatic nitrogens is 2. The van der Waals surface area contributed by atoms with Crippen LogP contribution in [0.1, 0.15) is 27.3 Å². The molecule has 0 saturated carbocycles. The Morgan fingerprint density at radius 1 is 1.00 bits per heavy atom. The number of pyridine rings is 1. The zero-order valence-electron chi connectivity index (χ0n) is 13.9. The molecule has 2 aromatic heterocycles. The van der Waals surface area contributed by atoms with Gasteiger partial charge in [-0.3, -0.25) is 9.20 Å². The Hall–Kier alpha value is -3.11. The Labute approximate surface area is 152 Å². The molecule has 0 spiro atoms. The number of hydrogen-bond acceptors (Lipinski definition) is 2. The molecule has 0 unspecified atom stereocenters. The Balaban J connectivity index is 2.05. The molecule has 0 aliphatic rings. The molecule has 0 saturated heterocycles. The predicted octanol–water partition coefficient (Wildman–Crippen LogP) is 5.07. The molecule has 11 heteroatoms. The van der Waals surface area contributed by atoms with Crippen LogP contribution in [0.5, 0.6) is 0 Å². The maximum absolute atomic E-state index is 13.5.